The molecule has 1 amide bonds. The highest BCUT2D eigenvalue weighted by Gasteiger charge is 2.23. The van der Waals surface area contributed by atoms with E-state index in [9.17, 15) is 4.79 Å². The minimum atomic E-state index is -0.289. The number of carbonyl (C=O) groups excluding carboxylic acids is 1. The smallest absolute Gasteiger partial charge is 0.291 e. The zero-order chi connectivity index (χ0) is 22.1. The molecular weight excluding hydrogens is 430 g/mol. The number of fused-ring (bicyclic) bond motifs is 1. The summed E-state index contributed by atoms with van der Waals surface area (Å²) in [5.74, 6) is -0.0123. The van der Waals surface area contributed by atoms with E-state index in [0.717, 1.165) is 67.4 Å². The number of anilines is 3. The highest BCUT2D eigenvalue weighted by molar-refractivity contribution is 6.35. The van der Waals surface area contributed by atoms with Crippen LogP contribution >= 0.6 is 11.6 Å². The van der Waals surface area contributed by atoms with E-state index in [0.29, 0.717) is 23.8 Å². The molecule has 2 fully saturated rings. The first kappa shape index (κ1) is 21.1. The highest BCUT2D eigenvalue weighted by atomic mass is 35.5. The molecule has 0 radical (unpaired) electrons. The van der Waals surface area contributed by atoms with Crippen LogP contribution in [0.2, 0.25) is 5.02 Å². The maximum Gasteiger partial charge on any atom is 0.291 e. The van der Waals surface area contributed by atoms with Crippen LogP contribution in [0.1, 0.15) is 16.1 Å². The number of hydrogen-bond acceptors (Lipinski definition) is 6. The Hall–Kier alpha value is -2.74. The van der Waals surface area contributed by atoms with E-state index in [-0.39, 0.29) is 11.7 Å². The average molecular weight is 456 g/mol. The van der Waals surface area contributed by atoms with Gasteiger partial charge in [-0.25, -0.2) is 0 Å². The van der Waals surface area contributed by atoms with Crippen molar-refractivity contribution in [3.8, 4) is 0 Å². The predicted octanol–water partition coefficient (Wildman–Crippen LogP) is 4.32. The Bertz CT molecular complexity index is 1130. The Balaban J connectivity index is 1.47. The minimum Gasteiger partial charge on any atom is -0.449 e. The number of aryl methyl sites for hydroxylation is 1. The maximum absolute atomic E-state index is 13.2. The van der Waals surface area contributed by atoms with Crippen LogP contribution in [0.5, 0.6) is 0 Å². The molecule has 2 aliphatic heterocycles. The number of nitrogens with one attached hydrogen (secondary N) is 1. The van der Waals surface area contributed by atoms with Gasteiger partial charge in [-0.3, -0.25) is 4.79 Å². The molecule has 168 valence electrons. The number of furan rings is 1. The molecule has 1 aromatic heterocycles. The summed E-state index contributed by atoms with van der Waals surface area (Å²) in [7, 11) is 0. The standard InChI is InChI=1S/C24H26ClN3O4/c1-16-18-3-2-4-19(25)23(18)32-22(16)24(29)26-20-6-5-17(27-7-11-30-12-8-27)15-21(20)28-9-13-31-14-10-28/h2-6,15H,7-14H2,1H3,(H,26,29). The summed E-state index contributed by atoms with van der Waals surface area (Å²) in [6.45, 7) is 7.90. The highest BCUT2D eigenvalue weighted by Crippen LogP contribution is 2.34. The third-order valence-electron chi connectivity index (χ3n) is 6.08. The van der Waals surface area contributed by atoms with Crippen molar-refractivity contribution < 1.29 is 18.7 Å². The van der Waals surface area contributed by atoms with Crippen LogP contribution < -0.4 is 15.1 Å². The van der Waals surface area contributed by atoms with Crippen LogP contribution in [0.15, 0.2) is 40.8 Å². The van der Waals surface area contributed by atoms with Crippen molar-refractivity contribution in [1.82, 2.24) is 0 Å². The third kappa shape index (κ3) is 4.03. The summed E-state index contributed by atoms with van der Waals surface area (Å²) in [6.07, 6.45) is 0. The number of hydrogen-bond donors (Lipinski definition) is 1. The van der Waals surface area contributed by atoms with Crippen LogP contribution in [0.4, 0.5) is 17.1 Å². The average Bonchev–Trinajstić information content (AvgIpc) is 3.18. The van der Waals surface area contributed by atoms with Gasteiger partial charge in [0.05, 0.1) is 42.8 Å². The second-order valence-electron chi connectivity index (χ2n) is 8.03. The molecule has 0 saturated carbocycles. The van der Waals surface area contributed by atoms with Gasteiger partial charge in [-0.1, -0.05) is 23.7 Å². The quantitative estimate of drug-likeness (QED) is 0.632. The number of rotatable bonds is 4. The van der Waals surface area contributed by atoms with E-state index in [1.165, 1.54) is 0 Å². The summed E-state index contributed by atoms with van der Waals surface area (Å²) < 4.78 is 16.9. The van der Waals surface area contributed by atoms with Crippen LogP contribution in [-0.2, 0) is 9.47 Å². The second-order valence-corrected chi connectivity index (χ2v) is 8.43. The normalized spacial score (nSPS) is 17.1. The lowest BCUT2D eigenvalue weighted by atomic mass is 10.1. The fourth-order valence-corrected chi connectivity index (χ4v) is 4.53. The number of para-hydroxylation sites is 1. The number of benzene rings is 2. The molecule has 7 nitrogen and oxygen atoms in total. The van der Waals surface area contributed by atoms with E-state index in [1.54, 1.807) is 6.07 Å². The van der Waals surface area contributed by atoms with E-state index >= 15 is 0 Å². The van der Waals surface area contributed by atoms with E-state index in [4.69, 9.17) is 25.5 Å². The number of carbonyl (C=O) groups is 1. The minimum absolute atomic E-state index is 0.276. The first-order valence-corrected chi connectivity index (χ1v) is 11.3. The van der Waals surface area contributed by atoms with Gasteiger partial charge in [0.1, 0.15) is 0 Å². The molecule has 1 N–H and O–H groups in total. The topological polar surface area (TPSA) is 67.2 Å². The third-order valence-corrected chi connectivity index (χ3v) is 6.38. The Morgan fingerprint density at radius 3 is 2.34 bits per heavy atom. The van der Waals surface area contributed by atoms with Gasteiger partial charge in [0.15, 0.2) is 11.3 Å². The Kier molecular flexibility index (Phi) is 5.95. The zero-order valence-corrected chi connectivity index (χ0v) is 18.8. The van der Waals surface area contributed by atoms with Crippen LogP contribution in [0, 0.1) is 6.92 Å². The molecule has 0 unspecified atom stereocenters. The maximum atomic E-state index is 13.2. The molecule has 0 bridgehead atoms. The van der Waals surface area contributed by atoms with E-state index in [2.05, 4.69) is 21.2 Å². The molecule has 32 heavy (non-hydrogen) atoms. The van der Waals surface area contributed by atoms with Crippen molar-refractivity contribution >= 4 is 45.5 Å². The fraction of sp³-hybridized carbons (Fsp3) is 0.375. The lowest BCUT2D eigenvalue weighted by Crippen LogP contribution is -2.38. The van der Waals surface area contributed by atoms with Crippen LogP contribution in [0.25, 0.3) is 11.0 Å². The van der Waals surface area contributed by atoms with Crippen molar-refractivity contribution in [2.75, 3.05) is 67.7 Å². The Labute approximate surface area is 191 Å². The Morgan fingerprint density at radius 2 is 1.66 bits per heavy atom. The van der Waals surface area contributed by atoms with Crippen molar-refractivity contribution in [2.45, 2.75) is 6.92 Å². The van der Waals surface area contributed by atoms with E-state index < -0.39 is 0 Å². The predicted molar refractivity (Wildman–Crippen MR) is 126 cm³/mol. The van der Waals surface area contributed by atoms with Gasteiger partial charge >= 0.3 is 0 Å². The second kappa shape index (κ2) is 9.02. The first-order chi connectivity index (χ1) is 15.6. The molecule has 0 spiro atoms. The van der Waals surface area contributed by atoms with Gasteiger partial charge in [0.25, 0.3) is 5.91 Å². The van der Waals surface area contributed by atoms with Gasteiger partial charge in [0.2, 0.25) is 0 Å². The molecule has 0 atom stereocenters. The van der Waals surface area contributed by atoms with E-state index in [1.807, 2.05) is 31.2 Å². The fourth-order valence-electron chi connectivity index (χ4n) is 4.31. The molecule has 2 saturated heterocycles. The lowest BCUT2D eigenvalue weighted by molar-refractivity contribution is 0.0998. The van der Waals surface area contributed by atoms with Gasteiger partial charge < -0.3 is 29.0 Å². The van der Waals surface area contributed by atoms with Crippen LogP contribution in [0.3, 0.4) is 0 Å². The molecule has 3 aromatic rings. The van der Waals surface area contributed by atoms with Gasteiger partial charge in [-0.2, -0.15) is 0 Å². The Morgan fingerprint density at radius 1 is 0.969 bits per heavy atom. The van der Waals surface area contributed by atoms with Gasteiger partial charge in [-0.15, -0.1) is 0 Å². The van der Waals surface area contributed by atoms with Crippen molar-refractivity contribution in [3.05, 3.63) is 52.7 Å². The summed E-state index contributed by atoms with van der Waals surface area (Å²) >= 11 is 6.27. The zero-order valence-electron chi connectivity index (χ0n) is 18.0. The molecule has 2 aromatic carbocycles. The van der Waals surface area contributed by atoms with Crippen LogP contribution in [-0.4, -0.2) is 58.5 Å². The first-order valence-electron chi connectivity index (χ1n) is 10.9. The summed E-state index contributed by atoms with van der Waals surface area (Å²) in [5, 5.41) is 4.41. The van der Waals surface area contributed by atoms with Gasteiger partial charge in [-0.05, 0) is 31.2 Å². The number of nitrogens with zero attached hydrogens (tertiary/aromatic N) is 2. The largest absolute Gasteiger partial charge is 0.449 e. The number of ether oxygens (including phenoxy) is 2. The van der Waals surface area contributed by atoms with Crippen molar-refractivity contribution in [3.63, 3.8) is 0 Å². The number of amides is 1. The molecule has 0 aliphatic carbocycles. The number of morpholine rings is 2. The monoisotopic (exact) mass is 455 g/mol. The molecule has 3 heterocycles. The van der Waals surface area contributed by atoms with Crippen molar-refractivity contribution in [1.29, 1.82) is 0 Å². The van der Waals surface area contributed by atoms with Gasteiger partial charge in [0, 0.05) is 42.8 Å². The number of halogens is 1. The molecule has 8 heteroatoms. The van der Waals surface area contributed by atoms with Crippen molar-refractivity contribution in [2.24, 2.45) is 0 Å². The SMILES string of the molecule is Cc1c(C(=O)Nc2ccc(N3CCOCC3)cc2N2CCOCC2)oc2c(Cl)cccc12. The molecular formula is C24H26ClN3O4. The summed E-state index contributed by atoms with van der Waals surface area (Å²) in [5.41, 5.74) is 4.17. The summed E-state index contributed by atoms with van der Waals surface area (Å²) in [4.78, 5) is 17.8. The summed E-state index contributed by atoms with van der Waals surface area (Å²) in [6, 6.07) is 11.7. The molecule has 2 aliphatic rings. The molecule has 5 rings (SSSR count). The lowest BCUT2D eigenvalue weighted by Gasteiger charge is -2.33.